The summed E-state index contributed by atoms with van der Waals surface area (Å²) in [6, 6.07) is 43.5. The van der Waals surface area contributed by atoms with E-state index in [9.17, 15) is 0 Å². The minimum atomic E-state index is -0.130. The Morgan fingerprint density at radius 2 is 1.00 bits per heavy atom. The number of fused-ring (bicyclic) bond motifs is 10. The average Bonchev–Trinajstić information content (AvgIpc) is 3.38. The molecule has 0 aromatic heterocycles. The molecule has 6 aromatic rings. The summed E-state index contributed by atoms with van der Waals surface area (Å²) in [4.78, 5) is 2.52. The molecular weight excluding hydrogens is 506 g/mol. The molecular formula is C41H33N. The molecule has 3 aliphatic rings. The summed E-state index contributed by atoms with van der Waals surface area (Å²) >= 11 is 0. The van der Waals surface area contributed by atoms with Gasteiger partial charge in [0.25, 0.3) is 0 Å². The molecule has 1 nitrogen and oxygen atoms in total. The van der Waals surface area contributed by atoms with Crippen LogP contribution >= 0.6 is 0 Å². The summed E-state index contributed by atoms with van der Waals surface area (Å²) in [5, 5.41) is 2.64. The first-order valence-electron chi connectivity index (χ1n) is 15.2. The highest BCUT2D eigenvalue weighted by Gasteiger charge is 2.43. The number of nitrogens with zero attached hydrogens (tertiary/aromatic N) is 1. The molecule has 9 rings (SSSR count). The maximum absolute atomic E-state index is 2.54. The van der Waals surface area contributed by atoms with Gasteiger partial charge in [-0.2, -0.15) is 0 Å². The van der Waals surface area contributed by atoms with Gasteiger partial charge in [0.15, 0.2) is 0 Å². The molecule has 42 heavy (non-hydrogen) atoms. The number of benzene rings is 6. The minimum absolute atomic E-state index is 0.0230. The summed E-state index contributed by atoms with van der Waals surface area (Å²) in [7, 11) is 0. The molecule has 0 unspecified atom stereocenters. The van der Waals surface area contributed by atoms with Crippen LogP contribution in [0.2, 0.25) is 0 Å². The van der Waals surface area contributed by atoms with Crippen LogP contribution in [0.25, 0.3) is 33.0 Å². The second-order valence-electron chi connectivity index (χ2n) is 13.4. The van der Waals surface area contributed by atoms with E-state index >= 15 is 0 Å². The number of hydrogen-bond donors (Lipinski definition) is 0. The molecule has 2 aliphatic carbocycles. The van der Waals surface area contributed by atoms with E-state index in [-0.39, 0.29) is 10.8 Å². The Labute approximate surface area is 248 Å². The van der Waals surface area contributed by atoms with Crippen molar-refractivity contribution in [3.05, 3.63) is 149 Å². The smallest absolute Gasteiger partial charge is 0.0543 e. The topological polar surface area (TPSA) is 3.24 Å². The lowest BCUT2D eigenvalue weighted by Gasteiger charge is -2.35. The molecule has 0 N–H and O–H groups in total. The molecule has 1 aliphatic heterocycles. The first-order valence-corrected chi connectivity index (χ1v) is 15.2. The molecule has 0 spiro atoms. The summed E-state index contributed by atoms with van der Waals surface area (Å²) in [6.07, 6.45) is 0.964. The Balaban J connectivity index is 1.35. The van der Waals surface area contributed by atoms with Crippen molar-refractivity contribution in [2.24, 2.45) is 0 Å². The van der Waals surface area contributed by atoms with Crippen LogP contribution in [-0.4, -0.2) is 0 Å². The fraction of sp³-hybridized carbons (Fsp3) is 0.171. The average molecular weight is 540 g/mol. The fourth-order valence-electron chi connectivity index (χ4n) is 8.29. The molecule has 1 heteroatoms. The van der Waals surface area contributed by atoms with Crippen molar-refractivity contribution in [3.8, 4) is 22.3 Å². The summed E-state index contributed by atoms with van der Waals surface area (Å²) < 4.78 is 0. The van der Waals surface area contributed by atoms with Gasteiger partial charge in [0.1, 0.15) is 0 Å². The Kier molecular flexibility index (Phi) is 4.58. The molecule has 0 saturated carbocycles. The first-order chi connectivity index (χ1) is 20.4. The maximum Gasteiger partial charge on any atom is 0.0543 e. The van der Waals surface area contributed by atoms with Gasteiger partial charge in [-0.05, 0) is 91.4 Å². The van der Waals surface area contributed by atoms with E-state index in [0.717, 1.165) is 6.42 Å². The van der Waals surface area contributed by atoms with E-state index in [2.05, 4.69) is 148 Å². The highest BCUT2D eigenvalue weighted by molar-refractivity contribution is 6.11. The number of hydrogen-bond acceptors (Lipinski definition) is 1. The normalized spacial score (nSPS) is 16.3. The zero-order valence-electron chi connectivity index (χ0n) is 24.6. The molecule has 0 amide bonds. The van der Waals surface area contributed by atoms with Crippen molar-refractivity contribution in [2.45, 2.75) is 44.9 Å². The molecule has 0 fully saturated rings. The highest BCUT2D eigenvalue weighted by atomic mass is 15.2. The van der Waals surface area contributed by atoms with Crippen LogP contribution in [0.1, 0.15) is 61.1 Å². The Hall–Kier alpha value is -4.62. The van der Waals surface area contributed by atoms with Crippen molar-refractivity contribution in [1.82, 2.24) is 0 Å². The third-order valence-electron chi connectivity index (χ3n) is 10.4. The lowest BCUT2D eigenvalue weighted by molar-refractivity contribution is 0.652. The van der Waals surface area contributed by atoms with Gasteiger partial charge >= 0.3 is 0 Å². The van der Waals surface area contributed by atoms with Gasteiger partial charge in [-0.15, -0.1) is 0 Å². The van der Waals surface area contributed by atoms with Crippen molar-refractivity contribution in [3.63, 3.8) is 0 Å². The molecule has 1 heterocycles. The monoisotopic (exact) mass is 539 g/mol. The third kappa shape index (κ3) is 2.93. The van der Waals surface area contributed by atoms with Gasteiger partial charge < -0.3 is 4.90 Å². The predicted molar refractivity (Wildman–Crippen MR) is 177 cm³/mol. The Bertz CT molecular complexity index is 2080. The number of anilines is 3. The van der Waals surface area contributed by atoms with Gasteiger partial charge in [-0.25, -0.2) is 0 Å². The van der Waals surface area contributed by atoms with Crippen LogP contribution in [0.3, 0.4) is 0 Å². The Morgan fingerprint density at radius 1 is 0.452 bits per heavy atom. The van der Waals surface area contributed by atoms with E-state index in [4.69, 9.17) is 0 Å². The molecule has 0 saturated heterocycles. The quantitative estimate of drug-likeness (QED) is 0.201. The van der Waals surface area contributed by atoms with Crippen LogP contribution in [0.4, 0.5) is 17.1 Å². The van der Waals surface area contributed by atoms with E-state index in [1.807, 2.05) is 0 Å². The number of para-hydroxylation sites is 2. The Morgan fingerprint density at radius 3 is 1.74 bits per heavy atom. The van der Waals surface area contributed by atoms with E-state index < -0.39 is 0 Å². The van der Waals surface area contributed by atoms with Gasteiger partial charge in [0, 0.05) is 34.0 Å². The molecule has 0 bridgehead atoms. The summed E-state index contributed by atoms with van der Waals surface area (Å²) in [5.74, 6) is 0. The standard InChI is InChI=1S/C41H33N/c1-40(2)32-18-10-9-15-27(32)30-22-34-31(23-33(30)40)39-29-17-8-7-16-28(29)38(24-35(39)41(34,3)4)42-36-19-11-5-13-25(36)21-26-14-6-12-20-37(26)42/h5-20,22-24H,21H2,1-4H3. The maximum atomic E-state index is 2.54. The molecule has 0 radical (unpaired) electrons. The van der Waals surface area contributed by atoms with Gasteiger partial charge in [-0.1, -0.05) is 113 Å². The second-order valence-corrected chi connectivity index (χ2v) is 13.4. The van der Waals surface area contributed by atoms with Crippen molar-refractivity contribution < 1.29 is 0 Å². The van der Waals surface area contributed by atoms with Crippen LogP contribution in [0.15, 0.2) is 115 Å². The van der Waals surface area contributed by atoms with Gasteiger partial charge in [0.2, 0.25) is 0 Å². The van der Waals surface area contributed by atoms with Crippen LogP contribution in [-0.2, 0) is 17.3 Å². The van der Waals surface area contributed by atoms with E-state index in [1.54, 1.807) is 0 Å². The molecule has 0 atom stereocenters. The summed E-state index contributed by atoms with van der Waals surface area (Å²) in [5.41, 5.74) is 17.8. The predicted octanol–water partition coefficient (Wildman–Crippen LogP) is 10.8. The first kappa shape index (κ1) is 24.0. The second kappa shape index (κ2) is 8.01. The van der Waals surface area contributed by atoms with Gasteiger partial charge in [0.05, 0.1) is 5.69 Å². The van der Waals surface area contributed by atoms with Crippen LogP contribution in [0, 0.1) is 0 Å². The van der Waals surface area contributed by atoms with E-state index in [0.29, 0.717) is 0 Å². The minimum Gasteiger partial charge on any atom is -0.309 e. The SMILES string of the molecule is CC1(C)c2ccccc2-c2cc3c(cc21)-c1c(cc(N2c4ccccc4Cc4ccccc42)c2ccccc12)C3(C)C. The van der Waals surface area contributed by atoms with Crippen molar-refractivity contribution in [1.29, 1.82) is 0 Å². The lowest BCUT2D eigenvalue weighted by Crippen LogP contribution is -2.20. The highest BCUT2D eigenvalue weighted by Crippen LogP contribution is 2.59. The van der Waals surface area contributed by atoms with Crippen LogP contribution in [0.5, 0.6) is 0 Å². The fourth-order valence-corrected chi connectivity index (χ4v) is 8.29. The van der Waals surface area contributed by atoms with Crippen molar-refractivity contribution >= 4 is 27.8 Å². The van der Waals surface area contributed by atoms with E-state index in [1.165, 1.54) is 83.5 Å². The lowest BCUT2D eigenvalue weighted by atomic mass is 9.79. The third-order valence-corrected chi connectivity index (χ3v) is 10.4. The van der Waals surface area contributed by atoms with Crippen LogP contribution < -0.4 is 4.90 Å². The van der Waals surface area contributed by atoms with Crippen molar-refractivity contribution in [2.75, 3.05) is 4.90 Å². The molecule has 202 valence electrons. The zero-order chi connectivity index (χ0) is 28.4. The summed E-state index contributed by atoms with van der Waals surface area (Å²) in [6.45, 7) is 9.62. The zero-order valence-corrected chi connectivity index (χ0v) is 24.6. The number of rotatable bonds is 1. The molecule has 6 aromatic carbocycles. The van der Waals surface area contributed by atoms with Gasteiger partial charge in [-0.3, -0.25) is 0 Å². The largest absolute Gasteiger partial charge is 0.309 e.